The van der Waals surface area contributed by atoms with Gasteiger partial charge in [-0.05, 0) is 19.9 Å². The number of hydrogen-bond donors (Lipinski definition) is 0. The summed E-state index contributed by atoms with van der Waals surface area (Å²) in [5, 5.41) is 0. The largest absolute Gasteiger partial charge is 0.287 e. The zero-order chi connectivity index (χ0) is 11.7. The molecule has 0 saturated carbocycles. The molecule has 0 amide bonds. The van der Waals surface area contributed by atoms with Gasteiger partial charge in [-0.2, -0.15) is 0 Å². The number of aromatic nitrogens is 3. The summed E-state index contributed by atoms with van der Waals surface area (Å²) >= 11 is 5.77. The number of imidazole rings is 1. The molecule has 0 saturated heterocycles. The van der Waals surface area contributed by atoms with Crippen molar-refractivity contribution in [2.24, 2.45) is 0 Å². The average Bonchev–Trinajstić information content (AvgIpc) is 2.60. The number of hydrogen-bond acceptors (Lipinski definition) is 2. The Hall–Kier alpha value is -1.42. The molecule has 0 aliphatic heterocycles. The third-order valence-electron chi connectivity index (χ3n) is 2.53. The summed E-state index contributed by atoms with van der Waals surface area (Å²) in [6.45, 7) is 3.85. The molecule has 0 unspecified atom stereocenters. The maximum Gasteiger partial charge on any atom is 0.142 e. The quantitative estimate of drug-likeness (QED) is 0.755. The molecule has 2 aromatic rings. The van der Waals surface area contributed by atoms with Gasteiger partial charge in [0.15, 0.2) is 0 Å². The molecule has 0 spiro atoms. The van der Waals surface area contributed by atoms with Crippen molar-refractivity contribution in [3.63, 3.8) is 0 Å². The third kappa shape index (κ3) is 1.80. The van der Waals surface area contributed by atoms with Crippen LogP contribution < -0.4 is 0 Å². The standard InChI is InChI=1S/C11H11ClFN3/c1-7-8(2)16(6-15-7)11-9(4-12)3-10(13)5-14-11/h3,5-6H,4H2,1-2H3. The van der Waals surface area contributed by atoms with Crippen molar-refractivity contribution in [1.82, 2.24) is 14.5 Å². The van der Waals surface area contributed by atoms with Crippen LogP contribution in [0.15, 0.2) is 18.6 Å². The van der Waals surface area contributed by atoms with E-state index in [-0.39, 0.29) is 11.7 Å². The predicted molar refractivity (Wildman–Crippen MR) is 60.3 cm³/mol. The van der Waals surface area contributed by atoms with Gasteiger partial charge in [-0.25, -0.2) is 14.4 Å². The highest BCUT2D eigenvalue weighted by Gasteiger charge is 2.10. The average molecular weight is 240 g/mol. The summed E-state index contributed by atoms with van der Waals surface area (Å²) in [7, 11) is 0. The Labute approximate surface area is 97.9 Å². The minimum atomic E-state index is -0.381. The first kappa shape index (κ1) is 11.1. The maximum atomic E-state index is 13.0. The first-order valence-corrected chi connectivity index (χ1v) is 5.38. The van der Waals surface area contributed by atoms with E-state index in [0.29, 0.717) is 11.4 Å². The van der Waals surface area contributed by atoms with Crippen LogP contribution in [0, 0.1) is 19.7 Å². The van der Waals surface area contributed by atoms with E-state index in [0.717, 1.165) is 11.4 Å². The molecule has 0 radical (unpaired) electrons. The van der Waals surface area contributed by atoms with Crippen LogP contribution in [0.3, 0.4) is 0 Å². The van der Waals surface area contributed by atoms with E-state index in [1.54, 1.807) is 6.33 Å². The molecule has 0 atom stereocenters. The lowest BCUT2D eigenvalue weighted by atomic mass is 10.2. The Kier molecular flexibility index (Phi) is 2.92. The molecule has 0 aliphatic rings. The van der Waals surface area contributed by atoms with Gasteiger partial charge in [-0.3, -0.25) is 4.57 Å². The summed E-state index contributed by atoms with van der Waals surface area (Å²) in [4.78, 5) is 8.23. The SMILES string of the molecule is Cc1ncn(-c2ncc(F)cc2CCl)c1C. The number of alkyl halides is 1. The Morgan fingerprint density at radius 3 is 2.69 bits per heavy atom. The monoisotopic (exact) mass is 239 g/mol. The Morgan fingerprint density at radius 1 is 1.38 bits per heavy atom. The van der Waals surface area contributed by atoms with Crippen LogP contribution >= 0.6 is 11.6 Å². The van der Waals surface area contributed by atoms with Gasteiger partial charge in [0.2, 0.25) is 0 Å². The number of pyridine rings is 1. The van der Waals surface area contributed by atoms with E-state index >= 15 is 0 Å². The molecular weight excluding hydrogens is 229 g/mol. The summed E-state index contributed by atoms with van der Waals surface area (Å²) in [6.07, 6.45) is 2.85. The fraction of sp³-hybridized carbons (Fsp3) is 0.273. The maximum absolute atomic E-state index is 13.0. The lowest BCUT2D eigenvalue weighted by molar-refractivity contribution is 0.618. The normalized spacial score (nSPS) is 10.8. The van der Waals surface area contributed by atoms with Crippen molar-refractivity contribution in [1.29, 1.82) is 0 Å². The van der Waals surface area contributed by atoms with E-state index in [2.05, 4.69) is 9.97 Å². The van der Waals surface area contributed by atoms with Crippen LogP contribution in [-0.4, -0.2) is 14.5 Å². The highest BCUT2D eigenvalue weighted by atomic mass is 35.5. The van der Waals surface area contributed by atoms with Gasteiger partial charge in [-0.15, -0.1) is 11.6 Å². The van der Waals surface area contributed by atoms with Crippen LogP contribution in [0.5, 0.6) is 0 Å². The summed E-state index contributed by atoms with van der Waals surface area (Å²) < 4.78 is 14.8. The smallest absolute Gasteiger partial charge is 0.142 e. The Bertz CT molecular complexity index is 522. The van der Waals surface area contributed by atoms with Crippen molar-refractivity contribution >= 4 is 11.6 Å². The van der Waals surface area contributed by atoms with Gasteiger partial charge in [0.1, 0.15) is 18.0 Å². The highest BCUT2D eigenvalue weighted by molar-refractivity contribution is 6.17. The number of rotatable bonds is 2. The first-order valence-electron chi connectivity index (χ1n) is 4.84. The second-order valence-electron chi connectivity index (χ2n) is 3.56. The van der Waals surface area contributed by atoms with Crippen molar-refractivity contribution in [3.8, 4) is 5.82 Å². The lowest BCUT2D eigenvalue weighted by Crippen LogP contribution is -2.03. The zero-order valence-electron chi connectivity index (χ0n) is 9.04. The summed E-state index contributed by atoms with van der Waals surface area (Å²) in [6, 6.07) is 1.39. The molecule has 5 heteroatoms. The van der Waals surface area contributed by atoms with Crippen LogP contribution in [0.1, 0.15) is 17.0 Å². The van der Waals surface area contributed by atoms with Crippen LogP contribution in [0.4, 0.5) is 4.39 Å². The van der Waals surface area contributed by atoms with Gasteiger partial charge in [0.05, 0.1) is 17.8 Å². The minimum Gasteiger partial charge on any atom is -0.287 e. The second-order valence-corrected chi connectivity index (χ2v) is 3.82. The molecule has 16 heavy (non-hydrogen) atoms. The minimum absolute atomic E-state index is 0.219. The molecular formula is C11H11ClFN3. The molecule has 0 bridgehead atoms. The molecule has 0 N–H and O–H groups in total. The van der Waals surface area contributed by atoms with Crippen LogP contribution in [0.25, 0.3) is 5.82 Å². The van der Waals surface area contributed by atoms with E-state index in [1.807, 2.05) is 18.4 Å². The topological polar surface area (TPSA) is 30.7 Å². The van der Waals surface area contributed by atoms with Crippen molar-refractivity contribution in [2.75, 3.05) is 0 Å². The van der Waals surface area contributed by atoms with E-state index in [4.69, 9.17) is 11.6 Å². The summed E-state index contributed by atoms with van der Waals surface area (Å²) in [5.74, 6) is 0.472. The molecule has 0 aromatic carbocycles. The molecule has 2 heterocycles. The van der Waals surface area contributed by atoms with Gasteiger partial charge < -0.3 is 0 Å². The molecule has 3 nitrogen and oxygen atoms in total. The van der Waals surface area contributed by atoms with Crippen molar-refractivity contribution in [3.05, 3.63) is 41.4 Å². The first-order chi connectivity index (χ1) is 7.63. The predicted octanol–water partition coefficient (Wildman–Crippen LogP) is 2.76. The van der Waals surface area contributed by atoms with Crippen molar-refractivity contribution < 1.29 is 4.39 Å². The van der Waals surface area contributed by atoms with E-state index in [9.17, 15) is 4.39 Å². The molecule has 0 fully saturated rings. The molecule has 84 valence electrons. The van der Waals surface area contributed by atoms with Crippen molar-refractivity contribution in [2.45, 2.75) is 19.7 Å². The Balaban J connectivity index is 2.59. The highest BCUT2D eigenvalue weighted by Crippen LogP contribution is 2.18. The number of halogens is 2. The van der Waals surface area contributed by atoms with Gasteiger partial charge in [-0.1, -0.05) is 0 Å². The number of nitrogens with zero attached hydrogens (tertiary/aromatic N) is 3. The van der Waals surface area contributed by atoms with Gasteiger partial charge >= 0.3 is 0 Å². The van der Waals surface area contributed by atoms with Crippen LogP contribution in [-0.2, 0) is 5.88 Å². The lowest BCUT2D eigenvalue weighted by Gasteiger charge is -2.08. The number of aryl methyl sites for hydroxylation is 1. The second kappa shape index (κ2) is 4.22. The van der Waals surface area contributed by atoms with Gasteiger partial charge in [0, 0.05) is 11.3 Å². The van der Waals surface area contributed by atoms with Crippen LogP contribution in [0.2, 0.25) is 0 Å². The zero-order valence-corrected chi connectivity index (χ0v) is 9.79. The van der Waals surface area contributed by atoms with E-state index < -0.39 is 0 Å². The fourth-order valence-corrected chi connectivity index (χ4v) is 1.70. The fourth-order valence-electron chi connectivity index (χ4n) is 1.50. The molecule has 2 rings (SSSR count). The van der Waals surface area contributed by atoms with Gasteiger partial charge in [0.25, 0.3) is 0 Å². The molecule has 2 aromatic heterocycles. The third-order valence-corrected chi connectivity index (χ3v) is 2.82. The molecule has 0 aliphatic carbocycles. The summed E-state index contributed by atoms with van der Waals surface area (Å²) in [5.41, 5.74) is 2.55. The van der Waals surface area contributed by atoms with E-state index in [1.165, 1.54) is 12.3 Å². The Morgan fingerprint density at radius 2 is 2.12 bits per heavy atom.